The normalized spacial score (nSPS) is 12.8. The van der Waals surface area contributed by atoms with Gasteiger partial charge in [-0.25, -0.2) is 13.1 Å². The maximum absolute atomic E-state index is 12.5. The molecule has 1 aromatic carbocycles. The lowest BCUT2D eigenvalue weighted by Crippen LogP contribution is -2.38. The summed E-state index contributed by atoms with van der Waals surface area (Å²) in [4.78, 5) is 0.156. The molecule has 0 aromatic heterocycles. The van der Waals surface area contributed by atoms with Crippen LogP contribution in [0.5, 0.6) is 0 Å². The zero-order chi connectivity index (χ0) is 15.9. The van der Waals surface area contributed by atoms with E-state index in [1.54, 1.807) is 18.2 Å². The molecular weight excluding hydrogens is 286 g/mol. The Morgan fingerprint density at radius 2 is 1.86 bits per heavy atom. The van der Waals surface area contributed by atoms with Crippen molar-refractivity contribution in [3.63, 3.8) is 0 Å². The molecule has 1 rings (SSSR count). The molecule has 0 saturated carbocycles. The average Bonchev–Trinajstić information content (AvgIpc) is 2.46. The van der Waals surface area contributed by atoms with E-state index in [1.165, 1.54) is 6.07 Å². The van der Waals surface area contributed by atoms with Crippen LogP contribution in [0.25, 0.3) is 0 Å². The van der Waals surface area contributed by atoms with Gasteiger partial charge in [-0.15, -0.1) is 0 Å². The van der Waals surface area contributed by atoms with E-state index < -0.39 is 10.0 Å². The molecule has 0 fully saturated rings. The third-order valence-electron chi connectivity index (χ3n) is 3.58. The molecule has 0 aliphatic rings. The quantitative estimate of drug-likeness (QED) is 0.791. The van der Waals surface area contributed by atoms with E-state index >= 15 is 0 Å². The molecule has 0 aliphatic heterocycles. The minimum Gasteiger partial charge on any atom is -0.384 e. The van der Waals surface area contributed by atoms with Crippen molar-refractivity contribution in [1.29, 1.82) is 0 Å². The molecule has 21 heavy (non-hydrogen) atoms. The fourth-order valence-electron chi connectivity index (χ4n) is 2.34. The summed E-state index contributed by atoms with van der Waals surface area (Å²) in [6.45, 7) is 5.70. The maximum atomic E-state index is 12.5. The highest BCUT2D eigenvalue weighted by Crippen LogP contribution is 2.18. The Hall–Kier alpha value is -1.35. The van der Waals surface area contributed by atoms with E-state index in [1.807, 2.05) is 6.92 Å². The highest BCUT2D eigenvalue weighted by atomic mass is 32.2. The molecule has 4 nitrogen and oxygen atoms in total. The molecule has 5 heteroatoms. The molecule has 0 amide bonds. The van der Waals surface area contributed by atoms with Crippen LogP contribution in [0, 0.1) is 17.8 Å². The van der Waals surface area contributed by atoms with Gasteiger partial charge in [0.1, 0.15) is 6.61 Å². The molecule has 0 spiro atoms. The second-order valence-electron chi connectivity index (χ2n) is 4.94. The lowest BCUT2D eigenvalue weighted by atomic mass is 9.96. The smallest absolute Gasteiger partial charge is 0.242 e. The van der Waals surface area contributed by atoms with Crippen molar-refractivity contribution in [2.24, 2.45) is 5.92 Å². The van der Waals surface area contributed by atoms with Crippen molar-refractivity contribution in [2.75, 3.05) is 6.61 Å². The summed E-state index contributed by atoms with van der Waals surface area (Å²) in [5.41, 5.74) is 0.399. The fraction of sp³-hybridized carbons (Fsp3) is 0.500. The highest BCUT2D eigenvalue weighted by molar-refractivity contribution is 7.89. The van der Waals surface area contributed by atoms with Crippen molar-refractivity contribution >= 4 is 10.0 Å². The van der Waals surface area contributed by atoms with Gasteiger partial charge in [0, 0.05) is 11.6 Å². The van der Waals surface area contributed by atoms with E-state index in [0.717, 1.165) is 12.8 Å². The lowest BCUT2D eigenvalue weighted by Gasteiger charge is -2.22. The third-order valence-corrected chi connectivity index (χ3v) is 5.19. The predicted molar refractivity (Wildman–Crippen MR) is 84.3 cm³/mol. The number of benzene rings is 1. The van der Waals surface area contributed by atoms with Crippen LogP contribution < -0.4 is 4.72 Å². The molecule has 0 bridgehead atoms. The number of rotatable bonds is 6. The summed E-state index contributed by atoms with van der Waals surface area (Å²) in [5.74, 6) is 5.47. The van der Waals surface area contributed by atoms with E-state index in [9.17, 15) is 8.42 Å². The first-order valence-corrected chi connectivity index (χ1v) is 8.65. The second kappa shape index (κ2) is 8.18. The summed E-state index contributed by atoms with van der Waals surface area (Å²) in [6.07, 6.45) is 1.85. The number of sulfonamides is 1. The van der Waals surface area contributed by atoms with Crippen LogP contribution in [0.2, 0.25) is 0 Å². The van der Waals surface area contributed by atoms with Gasteiger partial charge in [0.2, 0.25) is 10.0 Å². The Balaban J connectivity index is 3.09. The van der Waals surface area contributed by atoms with Crippen LogP contribution in [-0.2, 0) is 10.0 Å². The minimum absolute atomic E-state index is 0.135. The average molecular weight is 309 g/mol. The van der Waals surface area contributed by atoms with E-state index in [0.29, 0.717) is 11.5 Å². The van der Waals surface area contributed by atoms with Gasteiger partial charge in [0.05, 0.1) is 4.90 Å². The number of nitrogens with one attached hydrogen (secondary N) is 1. The Morgan fingerprint density at radius 1 is 1.24 bits per heavy atom. The molecule has 0 saturated heterocycles. The first-order valence-electron chi connectivity index (χ1n) is 7.17. The van der Waals surface area contributed by atoms with Gasteiger partial charge in [-0.1, -0.05) is 50.7 Å². The molecule has 0 heterocycles. The highest BCUT2D eigenvalue weighted by Gasteiger charge is 2.23. The minimum atomic E-state index is -3.62. The van der Waals surface area contributed by atoms with Gasteiger partial charge < -0.3 is 5.11 Å². The summed E-state index contributed by atoms with van der Waals surface area (Å²) in [5, 5.41) is 8.76. The van der Waals surface area contributed by atoms with Crippen molar-refractivity contribution in [2.45, 2.75) is 44.6 Å². The van der Waals surface area contributed by atoms with Crippen molar-refractivity contribution in [3.05, 3.63) is 29.8 Å². The van der Waals surface area contributed by atoms with Crippen LogP contribution in [0.1, 0.15) is 39.2 Å². The Bertz CT molecular complexity index is 610. The SMILES string of the molecule is CCC(CC)C(C)NS(=O)(=O)c1ccccc1C#CCO. The number of aliphatic hydroxyl groups is 1. The van der Waals surface area contributed by atoms with Crippen LogP contribution >= 0.6 is 0 Å². The van der Waals surface area contributed by atoms with Gasteiger partial charge in [-0.2, -0.15) is 0 Å². The number of hydrogen-bond acceptors (Lipinski definition) is 3. The summed E-state index contributed by atoms with van der Waals surface area (Å²) >= 11 is 0. The van der Waals surface area contributed by atoms with Gasteiger partial charge in [-0.05, 0) is 25.0 Å². The van der Waals surface area contributed by atoms with E-state index in [4.69, 9.17) is 5.11 Å². The monoisotopic (exact) mass is 309 g/mol. The molecule has 1 unspecified atom stereocenters. The largest absolute Gasteiger partial charge is 0.384 e. The van der Waals surface area contributed by atoms with Gasteiger partial charge in [0.25, 0.3) is 0 Å². The summed E-state index contributed by atoms with van der Waals surface area (Å²) < 4.78 is 27.8. The molecule has 116 valence electrons. The van der Waals surface area contributed by atoms with Crippen molar-refractivity contribution in [1.82, 2.24) is 4.72 Å². The van der Waals surface area contributed by atoms with Gasteiger partial charge in [0.15, 0.2) is 0 Å². The zero-order valence-corrected chi connectivity index (χ0v) is 13.6. The maximum Gasteiger partial charge on any atom is 0.242 e. The molecular formula is C16H23NO3S. The Kier molecular flexibility index (Phi) is 6.90. The topological polar surface area (TPSA) is 66.4 Å². The number of aliphatic hydroxyl groups excluding tert-OH is 1. The fourth-order valence-corrected chi connectivity index (χ4v) is 3.81. The predicted octanol–water partition coefficient (Wildman–Crippen LogP) is 2.13. The van der Waals surface area contributed by atoms with Crippen LogP contribution in [0.3, 0.4) is 0 Å². The lowest BCUT2D eigenvalue weighted by molar-refractivity contribution is 0.350. The summed E-state index contributed by atoms with van der Waals surface area (Å²) in [6, 6.07) is 6.43. The molecule has 1 aromatic rings. The second-order valence-corrected chi connectivity index (χ2v) is 6.62. The molecule has 0 aliphatic carbocycles. The summed E-state index contributed by atoms with van der Waals surface area (Å²) in [7, 11) is -3.62. The molecule has 2 N–H and O–H groups in total. The van der Waals surface area contributed by atoms with Crippen LogP contribution in [-0.4, -0.2) is 26.2 Å². The van der Waals surface area contributed by atoms with Gasteiger partial charge in [-0.3, -0.25) is 0 Å². The van der Waals surface area contributed by atoms with Crippen LogP contribution in [0.4, 0.5) is 0 Å². The standard InChI is InChI=1S/C16H23NO3S/c1-4-14(5-2)13(3)17-21(19,20)16-11-7-6-9-15(16)10-8-12-18/h6-7,9,11,13-14,17-18H,4-5,12H2,1-3H3. The van der Waals surface area contributed by atoms with Crippen molar-refractivity contribution in [3.8, 4) is 11.8 Å². The molecule has 1 atom stereocenters. The van der Waals surface area contributed by atoms with E-state index in [-0.39, 0.29) is 17.5 Å². The first-order chi connectivity index (χ1) is 9.96. The first kappa shape index (κ1) is 17.7. The third kappa shape index (κ3) is 4.85. The van der Waals surface area contributed by atoms with Crippen molar-refractivity contribution < 1.29 is 13.5 Å². The zero-order valence-electron chi connectivity index (χ0n) is 12.8. The number of hydrogen-bond donors (Lipinski definition) is 2. The Morgan fingerprint density at radius 3 is 2.43 bits per heavy atom. The Labute approximate surface area is 127 Å². The van der Waals surface area contributed by atoms with E-state index in [2.05, 4.69) is 30.4 Å². The van der Waals surface area contributed by atoms with Crippen LogP contribution in [0.15, 0.2) is 29.2 Å². The molecule has 0 radical (unpaired) electrons. The van der Waals surface area contributed by atoms with Gasteiger partial charge >= 0.3 is 0 Å².